The van der Waals surface area contributed by atoms with Crippen molar-refractivity contribution in [1.82, 2.24) is 5.32 Å². The Bertz CT molecular complexity index is 223. The minimum absolute atomic E-state index is 0.204. The van der Waals surface area contributed by atoms with E-state index >= 15 is 0 Å². The topological polar surface area (TPSA) is 38.3 Å². The summed E-state index contributed by atoms with van der Waals surface area (Å²) >= 11 is 3.31. The third kappa shape index (κ3) is 4.42. The van der Waals surface area contributed by atoms with Gasteiger partial charge >= 0.3 is 5.97 Å². The van der Waals surface area contributed by atoms with E-state index in [1.54, 1.807) is 0 Å². The van der Waals surface area contributed by atoms with Crippen molar-refractivity contribution >= 4 is 21.9 Å². The van der Waals surface area contributed by atoms with E-state index < -0.39 is 0 Å². The molecule has 1 N–H and O–H groups in total. The van der Waals surface area contributed by atoms with Gasteiger partial charge in [0.2, 0.25) is 0 Å². The molecule has 0 aromatic rings. The third-order valence-corrected chi connectivity index (χ3v) is 4.17. The lowest BCUT2D eigenvalue weighted by Crippen LogP contribution is -2.35. The van der Waals surface area contributed by atoms with Gasteiger partial charge in [-0.2, -0.15) is 0 Å². The van der Waals surface area contributed by atoms with Crippen LogP contribution >= 0.6 is 15.9 Å². The molecule has 1 aliphatic carbocycles. The number of carbonyl (C=O) groups is 1. The lowest BCUT2D eigenvalue weighted by Gasteiger charge is -2.29. The van der Waals surface area contributed by atoms with Crippen molar-refractivity contribution < 1.29 is 9.53 Å². The molecule has 1 fully saturated rings. The minimum Gasteiger partial charge on any atom is -0.468 e. The van der Waals surface area contributed by atoms with E-state index in [4.69, 9.17) is 0 Å². The van der Waals surface area contributed by atoms with Crippen LogP contribution in [0.4, 0.5) is 0 Å². The zero-order valence-electron chi connectivity index (χ0n) is 10.2. The second kappa shape index (κ2) is 7.28. The summed E-state index contributed by atoms with van der Waals surface area (Å²) in [5.41, 5.74) is 0. The molecule has 0 saturated heterocycles. The van der Waals surface area contributed by atoms with E-state index in [1.807, 2.05) is 0 Å². The van der Waals surface area contributed by atoms with Crippen molar-refractivity contribution in [2.75, 3.05) is 20.2 Å². The van der Waals surface area contributed by atoms with Crippen molar-refractivity contribution in [3.8, 4) is 0 Å². The molecule has 3 atom stereocenters. The Morgan fingerprint density at radius 3 is 2.81 bits per heavy atom. The van der Waals surface area contributed by atoms with Crippen LogP contribution in [0.1, 0.15) is 32.6 Å². The van der Waals surface area contributed by atoms with Crippen molar-refractivity contribution in [2.24, 2.45) is 11.8 Å². The lowest BCUT2D eigenvalue weighted by atomic mass is 9.80. The molecule has 0 spiro atoms. The highest BCUT2D eigenvalue weighted by Crippen LogP contribution is 2.28. The van der Waals surface area contributed by atoms with Crippen LogP contribution < -0.4 is 5.32 Å². The van der Waals surface area contributed by atoms with Gasteiger partial charge in [0.25, 0.3) is 0 Å². The fourth-order valence-corrected chi connectivity index (χ4v) is 2.72. The number of esters is 1. The number of hydrogen-bond donors (Lipinski definition) is 1. The lowest BCUT2D eigenvalue weighted by molar-refractivity contribution is -0.139. The number of carbonyl (C=O) groups excluding carboxylic acids is 1. The SMILES string of the molecule is COC(=O)C(Br)CNCC1CCCCC1C. The van der Waals surface area contributed by atoms with Crippen LogP contribution in [0.25, 0.3) is 0 Å². The molecular formula is C12H22BrNO2. The highest BCUT2D eigenvalue weighted by atomic mass is 79.9. The highest BCUT2D eigenvalue weighted by Gasteiger charge is 2.21. The Labute approximate surface area is 106 Å². The fraction of sp³-hybridized carbons (Fsp3) is 0.917. The number of ether oxygens (including phenoxy) is 1. The van der Waals surface area contributed by atoms with E-state index in [0.29, 0.717) is 6.54 Å². The Morgan fingerprint density at radius 1 is 1.50 bits per heavy atom. The predicted octanol–water partition coefficient (Wildman–Crippen LogP) is 2.34. The number of hydrogen-bond acceptors (Lipinski definition) is 3. The summed E-state index contributed by atoms with van der Waals surface area (Å²) in [4.78, 5) is 10.9. The first-order valence-corrected chi connectivity index (χ1v) is 6.99. The Hall–Kier alpha value is -0.0900. The largest absolute Gasteiger partial charge is 0.468 e. The van der Waals surface area contributed by atoms with Crippen LogP contribution in [-0.2, 0) is 9.53 Å². The molecule has 0 radical (unpaired) electrons. The Balaban J connectivity index is 2.16. The number of methoxy groups -OCH3 is 1. The summed E-state index contributed by atoms with van der Waals surface area (Å²) < 4.78 is 4.65. The predicted molar refractivity (Wildman–Crippen MR) is 68.7 cm³/mol. The smallest absolute Gasteiger partial charge is 0.320 e. The van der Waals surface area contributed by atoms with Crippen LogP contribution in [0.2, 0.25) is 0 Å². The molecule has 3 nitrogen and oxygen atoms in total. The van der Waals surface area contributed by atoms with Gasteiger partial charge in [-0.15, -0.1) is 0 Å². The van der Waals surface area contributed by atoms with Crippen molar-refractivity contribution in [3.05, 3.63) is 0 Å². The van der Waals surface area contributed by atoms with Gasteiger partial charge in [0.15, 0.2) is 0 Å². The molecule has 0 amide bonds. The van der Waals surface area contributed by atoms with Crippen LogP contribution in [0.15, 0.2) is 0 Å². The normalized spacial score (nSPS) is 27.4. The first-order valence-electron chi connectivity index (χ1n) is 6.07. The van der Waals surface area contributed by atoms with E-state index in [-0.39, 0.29) is 10.8 Å². The molecule has 0 heterocycles. The molecule has 0 bridgehead atoms. The van der Waals surface area contributed by atoms with Crippen molar-refractivity contribution in [1.29, 1.82) is 0 Å². The van der Waals surface area contributed by atoms with Gasteiger partial charge in [-0.05, 0) is 24.8 Å². The van der Waals surface area contributed by atoms with Gasteiger partial charge in [0.05, 0.1) is 7.11 Å². The van der Waals surface area contributed by atoms with E-state index in [1.165, 1.54) is 32.8 Å². The minimum atomic E-state index is -0.226. The molecular weight excluding hydrogens is 270 g/mol. The number of nitrogens with one attached hydrogen (secondary N) is 1. The molecule has 1 rings (SSSR count). The van der Waals surface area contributed by atoms with Gasteiger partial charge < -0.3 is 10.1 Å². The first kappa shape index (κ1) is 14.0. The van der Waals surface area contributed by atoms with Gasteiger partial charge in [0, 0.05) is 6.54 Å². The van der Waals surface area contributed by atoms with Crippen LogP contribution in [0, 0.1) is 11.8 Å². The van der Waals surface area contributed by atoms with Gasteiger partial charge in [-0.3, -0.25) is 4.79 Å². The molecule has 16 heavy (non-hydrogen) atoms. The van der Waals surface area contributed by atoms with E-state index in [9.17, 15) is 4.79 Å². The molecule has 0 aromatic heterocycles. The maximum Gasteiger partial charge on any atom is 0.320 e. The number of rotatable bonds is 5. The van der Waals surface area contributed by atoms with E-state index in [0.717, 1.165) is 18.4 Å². The standard InChI is InChI=1S/C12H22BrNO2/c1-9-5-3-4-6-10(9)7-14-8-11(13)12(15)16-2/h9-11,14H,3-8H2,1-2H3. The zero-order valence-corrected chi connectivity index (χ0v) is 11.8. The summed E-state index contributed by atoms with van der Waals surface area (Å²) in [7, 11) is 1.42. The molecule has 0 aliphatic heterocycles. The second-order valence-electron chi connectivity index (χ2n) is 4.67. The van der Waals surface area contributed by atoms with Crippen LogP contribution in [0.5, 0.6) is 0 Å². The first-order chi connectivity index (χ1) is 7.65. The molecule has 4 heteroatoms. The molecule has 1 saturated carbocycles. The van der Waals surface area contributed by atoms with Crippen LogP contribution in [0.3, 0.4) is 0 Å². The summed E-state index contributed by atoms with van der Waals surface area (Å²) in [6.07, 6.45) is 5.40. The molecule has 0 aromatic carbocycles. The van der Waals surface area contributed by atoms with E-state index in [2.05, 4.69) is 32.9 Å². The third-order valence-electron chi connectivity index (χ3n) is 3.48. The monoisotopic (exact) mass is 291 g/mol. The van der Waals surface area contributed by atoms with Gasteiger partial charge in [-0.1, -0.05) is 42.1 Å². The van der Waals surface area contributed by atoms with Gasteiger partial charge in [0.1, 0.15) is 4.83 Å². The van der Waals surface area contributed by atoms with Gasteiger partial charge in [-0.25, -0.2) is 0 Å². The Morgan fingerprint density at radius 2 is 2.19 bits per heavy atom. The van der Waals surface area contributed by atoms with Crippen molar-refractivity contribution in [3.63, 3.8) is 0 Å². The maximum atomic E-state index is 11.1. The van der Waals surface area contributed by atoms with Crippen molar-refractivity contribution in [2.45, 2.75) is 37.4 Å². The molecule has 3 unspecified atom stereocenters. The highest BCUT2D eigenvalue weighted by molar-refractivity contribution is 9.10. The quantitative estimate of drug-likeness (QED) is 0.624. The molecule has 94 valence electrons. The Kier molecular flexibility index (Phi) is 6.36. The summed E-state index contributed by atoms with van der Waals surface area (Å²) in [5.74, 6) is 1.38. The summed E-state index contributed by atoms with van der Waals surface area (Å²) in [5, 5.41) is 3.35. The number of alkyl halides is 1. The number of halogens is 1. The fourth-order valence-electron chi connectivity index (χ4n) is 2.30. The average Bonchev–Trinajstić information content (AvgIpc) is 2.30. The summed E-state index contributed by atoms with van der Waals surface area (Å²) in [6.45, 7) is 3.99. The van der Waals surface area contributed by atoms with Crippen LogP contribution in [-0.4, -0.2) is 31.0 Å². The average molecular weight is 292 g/mol. The second-order valence-corrected chi connectivity index (χ2v) is 5.78. The maximum absolute atomic E-state index is 11.1. The zero-order chi connectivity index (χ0) is 12.0. The molecule has 1 aliphatic rings. The summed E-state index contributed by atoms with van der Waals surface area (Å²) in [6, 6.07) is 0.